The quantitative estimate of drug-likeness (QED) is 0.697. The number of Topliss-reactive ketones (excluding diaryl/α,β-unsaturated/α-hetero) is 2. The Morgan fingerprint density at radius 3 is 2.48 bits per heavy atom. The summed E-state index contributed by atoms with van der Waals surface area (Å²) in [6.45, 7) is 3.89. The largest absolute Gasteiger partial charge is 0.370 e. The highest BCUT2D eigenvalue weighted by Crippen LogP contribution is 2.54. The lowest BCUT2D eigenvalue weighted by molar-refractivity contribution is -0.114. The predicted octanol–water partition coefficient (Wildman–Crippen LogP) is 3.84. The first-order chi connectivity index (χ1) is 15.0. The Morgan fingerprint density at radius 2 is 1.84 bits per heavy atom. The molecule has 0 atom stereocenters. The van der Waals surface area contributed by atoms with Gasteiger partial charge in [-0.2, -0.15) is 5.26 Å². The van der Waals surface area contributed by atoms with Crippen molar-refractivity contribution in [2.24, 2.45) is 11.3 Å². The van der Waals surface area contributed by atoms with Gasteiger partial charge in [0.05, 0.1) is 5.70 Å². The molecule has 2 heterocycles. The fourth-order valence-corrected chi connectivity index (χ4v) is 5.62. The minimum Gasteiger partial charge on any atom is -0.370 e. The molecule has 0 unspecified atom stereocenters. The predicted molar refractivity (Wildman–Crippen MR) is 119 cm³/mol. The van der Waals surface area contributed by atoms with Gasteiger partial charge in [0.15, 0.2) is 11.6 Å². The van der Waals surface area contributed by atoms with Gasteiger partial charge in [0.2, 0.25) is 0 Å². The number of hydrogen-bond acceptors (Lipinski definition) is 5. The number of carbonyl (C=O) groups is 2. The third-order valence-electron chi connectivity index (χ3n) is 8.08. The lowest BCUT2D eigenvalue weighted by Gasteiger charge is -2.37. The molecule has 0 radical (unpaired) electrons. The second-order valence-corrected chi connectivity index (χ2v) is 10.2. The van der Waals surface area contributed by atoms with Gasteiger partial charge in [-0.25, -0.2) is 0 Å². The zero-order valence-corrected chi connectivity index (χ0v) is 18.5. The Bertz CT molecular complexity index is 980. The van der Waals surface area contributed by atoms with Gasteiger partial charge in [0.1, 0.15) is 11.6 Å². The molecule has 3 fully saturated rings. The summed E-state index contributed by atoms with van der Waals surface area (Å²) in [5.41, 5.74) is 4.17. The first-order valence-corrected chi connectivity index (χ1v) is 11.8. The summed E-state index contributed by atoms with van der Waals surface area (Å²) >= 11 is 0. The lowest BCUT2D eigenvalue weighted by atomic mass is 9.84. The summed E-state index contributed by atoms with van der Waals surface area (Å²) in [5, 5.41) is 9.79. The molecule has 1 saturated carbocycles. The highest BCUT2D eigenvalue weighted by molar-refractivity contribution is 6.10. The van der Waals surface area contributed by atoms with E-state index in [9.17, 15) is 14.9 Å². The van der Waals surface area contributed by atoms with Crippen LogP contribution in [0.1, 0.15) is 66.4 Å². The highest BCUT2D eigenvalue weighted by atomic mass is 16.1. The average Bonchev–Trinajstić information content (AvgIpc) is 3.53. The van der Waals surface area contributed by atoms with E-state index in [2.05, 4.69) is 22.9 Å². The van der Waals surface area contributed by atoms with Gasteiger partial charge in [0, 0.05) is 37.1 Å². The molecular weight excluding hydrogens is 386 g/mol. The molecular formula is C26H31N3O2. The van der Waals surface area contributed by atoms with Crippen molar-refractivity contribution in [2.45, 2.75) is 51.4 Å². The molecule has 162 valence electrons. The van der Waals surface area contributed by atoms with Crippen LogP contribution < -0.4 is 0 Å². The van der Waals surface area contributed by atoms with Crippen LogP contribution in [-0.2, 0) is 11.2 Å². The lowest BCUT2D eigenvalue weighted by Crippen LogP contribution is -2.36. The molecule has 1 aromatic carbocycles. The Labute approximate surface area is 184 Å². The molecule has 0 aromatic heterocycles. The van der Waals surface area contributed by atoms with Crippen LogP contribution in [0.25, 0.3) is 5.70 Å². The maximum Gasteiger partial charge on any atom is 0.179 e. The molecule has 5 rings (SSSR count). The van der Waals surface area contributed by atoms with Gasteiger partial charge in [0.25, 0.3) is 0 Å². The van der Waals surface area contributed by atoms with Gasteiger partial charge < -0.3 is 9.80 Å². The fourth-order valence-electron chi connectivity index (χ4n) is 5.62. The number of allylic oxidation sites excluding steroid dienone is 1. The van der Waals surface area contributed by atoms with Crippen molar-refractivity contribution in [1.82, 2.24) is 9.80 Å². The smallest absolute Gasteiger partial charge is 0.179 e. The van der Waals surface area contributed by atoms with Crippen LogP contribution in [0.15, 0.2) is 23.8 Å². The van der Waals surface area contributed by atoms with Gasteiger partial charge in [-0.05, 0) is 81.6 Å². The second kappa shape index (κ2) is 7.91. The van der Waals surface area contributed by atoms with E-state index in [0.717, 1.165) is 74.2 Å². The molecule has 1 spiro atoms. The van der Waals surface area contributed by atoms with Crippen molar-refractivity contribution in [1.29, 1.82) is 5.26 Å². The topological polar surface area (TPSA) is 64.4 Å². The molecule has 0 amide bonds. The summed E-state index contributed by atoms with van der Waals surface area (Å²) in [5.74, 6) is 0.535. The Hall–Kier alpha value is -2.45. The Morgan fingerprint density at radius 1 is 1.13 bits per heavy atom. The summed E-state index contributed by atoms with van der Waals surface area (Å²) in [6.07, 6.45) is 7.87. The number of carbonyl (C=O) groups excluding carboxylic acids is 2. The maximum absolute atomic E-state index is 13.1. The van der Waals surface area contributed by atoms with Crippen LogP contribution in [0.4, 0.5) is 0 Å². The van der Waals surface area contributed by atoms with Crippen molar-refractivity contribution in [3.8, 4) is 6.07 Å². The molecule has 1 aromatic rings. The van der Waals surface area contributed by atoms with Crippen LogP contribution in [0, 0.1) is 22.7 Å². The first-order valence-electron chi connectivity index (χ1n) is 11.8. The number of fused-ring (bicyclic) bond motifs is 1. The molecule has 0 N–H and O–H groups in total. The molecule has 2 aliphatic heterocycles. The second-order valence-electron chi connectivity index (χ2n) is 10.2. The minimum atomic E-state index is -0.0953. The van der Waals surface area contributed by atoms with E-state index in [-0.39, 0.29) is 23.6 Å². The zero-order chi connectivity index (χ0) is 21.6. The van der Waals surface area contributed by atoms with E-state index in [1.807, 2.05) is 18.2 Å². The normalized spacial score (nSPS) is 23.6. The monoisotopic (exact) mass is 417 g/mol. The van der Waals surface area contributed by atoms with E-state index >= 15 is 0 Å². The molecule has 31 heavy (non-hydrogen) atoms. The number of benzene rings is 1. The molecule has 5 heteroatoms. The summed E-state index contributed by atoms with van der Waals surface area (Å²) in [6, 6.07) is 7.98. The summed E-state index contributed by atoms with van der Waals surface area (Å²) in [7, 11) is 2.13. The van der Waals surface area contributed by atoms with E-state index in [4.69, 9.17) is 0 Å². The van der Waals surface area contributed by atoms with Crippen LogP contribution >= 0.6 is 0 Å². The van der Waals surface area contributed by atoms with Crippen molar-refractivity contribution >= 4 is 17.3 Å². The van der Waals surface area contributed by atoms with Gasteiger partial charge >= 0.3 is 0 Å². The summed E-state index contributed by atoms with van der Waals surface area (Å²) in [4.78, 5) is 30.4. The molecule has 4 aliphatic rings. The Kier molecular flexibility index (Phi) is 5.22. The number of likely N-dealkylation sites (tertiary alicyclic amines) is 2. The minimum absolute atomic E-state index is 0.0953. The first kappa shape index (κ1) is 20.5. The number of nitrogens with zero attached hydrogens (tertiary/aromatic N) is 3. The standard InChI is InChI=1S/C26H31N3O2/c1-28-10-4-18(5-11-28)14-23(30)20-3-2-19-16-24(31)22(17-27)25(21(19)15-20)29-12-8-26(6-7-26)9-13-29/h2-3,15,18H,4-14,16H2,1H3. The summed E-state index contributed by atoms with van der Waals surface area (Å²) < 4.78 is 0. The maximum atomic E-state index is 13.1. The van der Waals surface area contributed by atoms with Crippen molar-refractivity contribution in [3.63, 3.8) is 0 Å². The van der Waals surface area contributed by atoms with E-state index in [0.29, 0.717) is 17.8 Å². The molecule has 5 nitrogen and oxygen atoms in total. The SMILES string of the molecule is CN1CCC(CC(=O)c2ccc3c(c2)C(N2CCC4(CC2)CC4)=C(C#N)C(=O)C3)CC1. The number of piperidine rings is 2. The number of nitriles is 1. The van der Waals surface area contributed by atoms with Gasteiger partial charge in [-0.1, -0.05) is 12.1 Å². The van der Waals surface area contributed by atoms with E-state index < -0.39 is 0 Å². The fraction of sp³-hybridized carbons (Fsp3) is 0.577. The van der Waals surface area contributed by atoms with Gasteiger partial charge in [-0.15, -0.1) is 0 Å². The number of rotatable bonds is 4. The van der Waals surface area contributed by atoms with Crippen molar-refractivity contribution in [3.05, 3.63) is 40.5 Å². The number of hydrogen-bond donors (Lipinski definition) is 0. The van der Waals surface area contributed by atoms with E-state index in [1.54, 1.807) is 0 Å². The number of ketones is 2. The van der Waals surface area contributed by atoms with Crippen LogP contribution in [0.5, 0.6) is 0 Å². The molecule has 2 aliphatic carbocycles. The van der Waals surface area contributed by atoms with Crippen LogP contribution in [0.3, 0.4) is 0 Å². The Balaban J connectivity index is 1.42. The van der Waals surface area contributed by atoms with Crippen molar-refractivity contribution in [2.75, 3.05) is 33.2 Å². The molecule has 0 bridgehead atoms. The molecule has 2 saturated heterocycles. The van der Waals surface area contributed by atoms with Gasteiger partial charge in [-0.3, -0.25) is 9.59 Å². The third-order valence-corrected chi connectivity index (χ3v) is 8.08. The van der Waals surface area contributed by atoms with Crippen LogP contribution in [0.2, 0.25) is 0 Å². The third kappa shape index (κ3) is 3.94. The average molecular weight is 418 g/mol. The van der Waals surface area contributed by atoms with Crippen molar-refractivity contribution < 1.29 is 9.59 Å². The highest BCUT2D eigenvalue weighted by Gasteiger charge is 2.45. The van der Waals surface area contributed by atoms with E-state index in [1.165, 1.54) is 12.8 Å². The zero-order valence-electron chi connectivity index (χ0n) is 18.5. The van der Waals surface area contributed by atoms with Crippen LogP contribution in [-0.4, -0.2) is 54.6 Å².